The lowest BCUT2D eigenvalue weighted by Crippen LogP contribution is -1.96. The molecule has 100 valence electrons. The summed E-state index contributed by atoms with van der Waals surface area (Å²) in [6.07, 6.45) is 5.37. The Labute approximate surface area is 112 Å². The van der Waals surface area contributed by atoms with Gasteiger partial charge in [-0.1, -0.05) is 13.3 Å². The van der Waals surface area contributed by atoms with E-state index >= 15 is 0 Å². The molecule has 0 aliphatic carbocycles. The third-order valence-electron chi connectivity index (χ3n) is 2.74. The van der Waals surface area contributed by atoms with E-state index in [9.17, 15) is 4.39 Å². The minimum atomic E-state index is -0.376. The molecule has 0 unspecified atom stereocenters. The molecule has 19 heavy (non-hydrogen) atoms. The first-order valence-electron chi connectivity index (χ1n) is 6.48. The molecule has 2 aromatic rings. The zero-order valence-corrected chi connectivity index (χ0v) is 11.2. The molecule has 1 aromatic heterocycles. The van der Waals surface area contributed by atoms with E-state index in [1.807, 2.05) is 6.92 Å². The molecule has 0 atom stereocenters. The van der Waals surface area contributed by atoms with Crippen molar-refractivity contribution in [3.8, 4) is 17.0 Å². The third-order valence-corrected chi connectivity index (χ3v) is 2.74. The van der Waals surface area contributed by atoms with Crippen LogP contribution in [0, 0.1) is 5.82 Å². The van der Waals surface area contributed by atoms with Crippen molar-refractivity contribution in [1.29, 1.82) is 0 Å². The minimum Gasteiger partial charge on any atom is -0.491 e. The average molecular weight is 260 g/mol. The lowest BCUT2D eigenvalue weighted by Gasteiger charge is -2.06. The van der Waals surface area contributed by atoms with E-state index in [1.54, 1.807) is 24.5 Å². The van der Waals surface area contributed by atoms with Crippen LogP contribution in [0.3, 0.4) is 0 Å². The number of rotatable bonds is 5. The fourth-order valence-electron chi connectivity index (χ4n) is 1.82. The molecular formula is C15H17FN2O. The molecule has 0 aliphatic rings. The van der Waals surface area contributed by atoms with Crippen molar-refractivity contribution in [2.75, 3.05) is 6.61 Å². The van der Waals surface area contributed by atoms with Crippen molar-refractivity contribution in [2.45, 2.75) is 26.7 Å². The fourth-order valence-corrected chi connectivity index (χ4v) is 1.82. The molecule has 0 saturated heterocycles. The third kappa shape index (κ3) is 3.28. The van der Waals surface area contributed by atoms with Gasteiger partial charge >= 0.3 is 0 Å². The summed E-state index contributed by atoms with van der Waals surface area (Å²) >= 11 is 0. The van der Waals surface area contributed by atoms with Crippen molar-refractivity contribution >= 4 is 0 Å². The lowest BCUT2D eigenvalue weighted by atomic mass is 10.1. The van der Waals surface area contributed by atoms with Crippen LogP contribution in [0.5, 0.6) is 5.75 Å². The predicted octanol–water partition coefficient (Wildman–Crippen LogP) is 3.63. The molecule has 0 N–H and O–H groups in total. The maximum Gasteiger partial charge on any atom is 0.165 e. The number of aryl methyl sites for hydroxylation is 1. The first-order valence-corrected chi connectivity index (χ1v) is 6.48. The summed E-state index contributed by atoms with van der Waals surface area (Å²) in [4.78, 5) is 8.63. The standard InChI is InChI=1S/C15H17FN2O/c1-3-5-12-9-18-14(10-17-12)11-6-7-15(19-4-2)13(16)8-11/h6-10H,3-5H2,1-2H3. The van der Waals surface area contributed by atoms with Gasteiger partial charge in [-0.2, -0.15) is 0 Å². The zero-order valence-electron chi connectivity index (χ0n) is 11.2. The summed E-state index contributed by atoms with van der Waals surface area (Å²) < 4.78 is 18.9. The molecule has 1 aromatic carbocycles. The highest BCUT2D eigenvalue weighted by molar-refractivity contribution is 5.59. The fraction of sp³-hybridized carbons (Fsp3) is 0.333. The molecule has 0 fully saturated rings. The second kappa shape index (κ2) is 6.27. The number of ether oxygens (including phenoxy) is 1. The number of benzene rings is 1. The Hall–Kier alpha value is -1.97. The van der Waals surface area contributed by atoms with Gasteiger partial charge in [0, 0.05) is 11.8 Å². The van der Waals surface area contributed by atoms with Gasteiger partial charge < -0.3 is 4.74 Å². The highest BCUT2D eigenvalue weighted by Gasteiger charge is 2.07. The van der Waals surface area contributed by atoms with Gasteiger partial charge in [0.25, 0.3) is 0 Å². The van der Waals surface area contributed by atoms with Crippen LogP contribution in [0.2, 0.25) is 0 Å². The SMILES string of the molecule is CCCc1cnc(-c2ccc(OCC)c(F)c2)cn1. The van der Waals surface area contributed by atoms with Gasteiger partial charge in [0.2, 0.25) is 0 Å². The quantitative estimate of drug-likeness (QED) is 0.823. The first-order chi connectivity index (χ1) is 9.24. The van der Waals surface area contributed by atoms with Gasteiger partial charge in [0.05, 0.1) is 24.2 Å². The molecule has 2 rings (SSSR count). The van der Waals surface area contributed by atoms with Crippen molar-refractivity contribution in [3.05, 3.63) is 42.1 Å². The summed E-state index contributed by atoms with van der Waals surface area (Å²) in [6.45, 7) is 4.37. The Morgan fingerprint density at radius 2 is 2.00 bits per heavy atom. The smallest absolute Gasteiger partial charge is 0.165 e. The number of aromatic nitrogens is 2. The van der Waals surface area contributed by atoms with Crippen LogP contribution in [-0.2, 0) is 6.42 Å². The molecule has 0 amide bonds. The van der Waals surface area contributed by atoms with Crippen LogP contribution in [0.15, 0.2) is 30.6 Å². The van der Waals surface area contributed by atoms with E-state index in [1.165, 1.54) is 6.07 Å². The second-order valence-electron chi connectivity index (χ2n) is 4.22. The minimum absolute atomic E-state index is 0.266. The molecule has 1 heterocycles. The summed E-state index contributed by atoms with van der Waals surface area (Å²) in [5.41, 5.74) is 2.33. The van der Waals surface area contributed by atoms with Crippen molar-refractivity contribution in [3.63, 3.8) is 0 Å². The highest BCUT2D eigenvalue weighted by Crippen LogP contribution is 2.24. The van der Waals surface area contributed by atoms with Crippen LogP contribution in [0.25, 0.3) is 11.3 Å². The van der Waals surface area contributed by atoms with E-state index in [0.29, 0.717) is 17.9 Å². The van der Waals surface area contributed by atoms with E-state index in [4.69, 9.17) is 4.74 Å². The maximum atomic E-state index is 13.7. The van der Waals surface area contributed by atoms with Gasteiger partial charge in [-0.25, -0.2) is 4.39 Å². The second-order valence-corrected chi connectivity index (χ2v) is 4.22. The Morgan fingerprint density at radius 1 is 1.16 bits per heavy atom. The van der Waals surface area contributed by atoms with Gasteiger partial charge in [-0.3, -0.25) is 9.97 Å². The molecule has 3 nitrogen and oxygen atoms in total. The lowest BCUT2D eigenvalue weighted by molar-refractivity contribution is 0.321. The number of halogens is 1. The van der Waals surface area contributed by atoms with Crippen LogP contribution < -0.4 is 4.74 Å². The van der Waals surface area contributed by atoms with Gasteiger partial charge in [0.15, 0.2) is 11.6 Å². The van der Waals surface area contributed by atoms with Gasteiger partial charge in [0.1, 0.15) is 0 Å². The van der Waals surface area contributed by atoms with E-state index in [2.05, 4.69) is 16.9 Å². The van der Waals surface area contributed by atoms with Crippen molar-refractivity contribution in [2.24, 2.45) is 0 Å². The first kappa shape index (κ1) is 13.5. The number of nitrogens with zero attached hydrogens (tertiary/aromatic N) is 2. The molecule has 0 spiro atoms. The summed E-state index contributed by atoms with van der Waals surface area (Å²) in [6, 6.07) is 4.84. The van der Waals surface area contributed by atoms with Crippen molar-refractivity contribution in [1.82, 2.24) is 9.97 Å². The van der Waals surface area contributed by atoms with Crippen LogP contribution in [0.4, 0.5) is 4.39 Å². The molecule has 0 bridgehead atoms. The molecule has 0 saturated carbocycles. The Morgan fingerprint density at radius 3 is 2.58 bits per heavy atom. The Kier molecular flexibility index (Phi) is 4.44. The average Bonchev–Trinajstić information content (AvgIpc) is 2.43. The van der Waals surface area contributed by atoms with Crippen LogP contribution in [0.1, 0.15) is 26.0 Å². The van der Waals surface area contributed by atoms with Gasteiger partial charge in [-0.05, 0) is 31.5 Å². The van der Waals surface area contributed by atoms with Crippen LogP contribution in [-0.4, -0.2) is 16.6 Å². The predicted molar refractivity (Wildman–Crippen MR) is 72.6 cm³/mol. The van der Waals surface area contributed by atoms with Gasteiger partial charge in [-0.15, -0.1) is 0 Å². The number of hydrogen-bond acceptors (Lipinski definition) is 3. The van der Waals surface area contributed by atoms with E-state index < -0.39 is 0 Å². The van der Waals surface area contributed by atoms with E-state index in [-0.39, 0.29) is 11.6 Å². The normalized spacial score (nSPS) is 10.5. The Balaban J connectivity index is 2.24. The zero-order chi connectivity index (χ0) is 13.7. The van der Waals surface area contributed by atoms with E-state index in [0.717, 1.165) is 18.5 Å². The molecule has 0 radical (unpaired) electrons. The molecule has 4 heteroatoms. The monoisotopic (exact) mass is 260 g/mol. The summed E-state index contributed by atoms with van der Waals surface area (Å²) in [5, 5.41) is 0. The molecular weight excluding hydrogens is 243 g/mol. The summed E-state index contributed by atoms with van der Waals surface area (Å²) in [7, 11) is 0. The topological polar surface area (TPSA) is 35.0 Å². The Bertz CT molecular complexity index is 540. The highest BCUT2D eigenvalue weighted by atomic mass is 19.1. The van der Waals surface area contributed by atoms with Crippen molar-refractivity contribution < 1.29 is 9.13 Å². The van der Waals surface area contributed by atoms with Crippen LogP contribution >= 0.6 is 0 Å². The number of hydrogen-bond donors (Lipinski definition) is 0. The molecule has 0 aliphatic heterocycles. The summed E-state index contributed by atoms with van der Waals surface area (Å²) in [5.74, 6) is -0.111. The maximum absolute atomic E-state index is 13.7. The largest absolute Gasteiger partial charge is 0.491 e.